The minimum atomic E-state index is -0.646. The molecule has 0 radical (unpaired) electrons. The molecule has 0 aliphatic carbocycles. The van der Waals surface area contributed by atoms with Crippen LogP contribution in [0.15, 0.2) is 35.4 Å². The van der Waals surface area contributed by atoms with E-state index in [0.717, 1.165) is 10.8 Å². The Morgan fingerprint density at radius 3 is 3.19 bits per heavy atom. The Morgan fingerprint density at radius 2 is 2.44 bits per heavy atom. The molecule has 2 rings (SSSR count). The van der Waals surface area contributed by atoms with E-state index in [4.69, 9.17) is 0 Å². The van der Waals surface area contributed by atoms with E-state index in [2.05, 4.69) is 4.74 Å². The van der Waals surface area contributed by atoms with Gasteiger partial charge in [0.15, 0.2) is 6.04 Å². The fraction of sp³-hybridized carbons (Fsp3) is 0.273. The molecule has 0 saturated heterocycles. The Labute approximate surface area is 97.6 Å². The van der Waals surface area contributed by atoms with Crippen molar-refractivity contribution in [2.24, 2.45) is 0 Å². The van der Waals surface area contributed by atoms with Crippen LogP contribution in [0.1, 0.15) is 0 Å². The number of rotatable bonds is 1. The minimum absolute atomic E-state index is 0.184. The molecular weight excluding hydrogens is 226 g/mol. The number of methoxy groups -OCH3 is 1. The predicted octanol–water partition coefficient (Wildman–Crippen LogP) is 1.07. The lowest BCUT2D eigenvalue weighted by Gasteiger charge is -2.29. The van der Waals surface area contributed by atoms with Gasteiger partial charge >= 0.3 is 5.97 Å². The van der Waals surface area contributed by atoms with Crippen molar-refractivity contribution in [3.05, 3.63) is 35.4 Å². The van der Waals surface area contributed by atoms with Crippen LogP contribution in [0.25, 0.3) is 0 Å². The van der Waals surface area contributed by atoms with Gasteiger partial charge in [-0.2, -0.15) is 0 Å². The number of allylic oxidation sites excluding steroid dienone is 2. The molecule has 0 fully saturated rings. The molecule has 5 heteroatoms. The van der Waals surface area contributed by atoms with Crippen LogP contribution in [0.3, 0.4) is 0 Å². The Balaban J connectivity index is 2.33. The summed E-state index contributed by atoms with van der Waals surface area (Å²) in [7, 11) is 1.32. The van der Waals surface area contributed by atoms with Crippen LogP contribution in [0.5, 0.6) is 0 Å². The summed E-state index contributed by atoms with van der Waals surface area (Å²) < 4.78 is 4.68. The third kappa shape index (κ3) is 1.90. The second kappa shape index (κ2) is 4.57. The van der Waals surface area contributed by atoms with Gasteiger partial charge in [-0.15, -0.1) is 11.8 Å². The van der Waals surface area contributed by atoms with E-state index in [1.165, 1.54) is 29.8 Å². The number of amides is 1. The van der Waals surface area contributed by atoms with Crippen LogP contribution in [0.4, 0.5) is 0 Å². The molecule has 1 unspecified atom stereocenters. The van der Waals surface area contributed by atoms with Crippen molar-refractivity contribution < 1.29 is 14.3 Å². The molecule has 0 aromatic heterocycles. The maximum absolute atomic E-state index is 11.8. The summed E-state index contributed by atoms with van der Waals surface area (Å²) in [5.74, 6) is 0.123. The highest BCUT2D eigenvalue weighted by Gasteiger charge is 2.32. The van der Waals surface area contributed by atoms with E-state index in [9.17, 15) is 9.59 Å². The highest BCUT2D eigenvalue weighted by Crippen LogP contribution is 2.29. The number of carbonyl (C=O) groups excluding carboxylic acids is 2. The van der Waals surface area contributed by atoms with Gasteiger partial charge in [-0.3, -0.25) is 9.69 Å². The summed E-state index contributed by atoms with van der Waals surface area (Å²) in [5.41, 5.74) is 0. The van der Waals surface area contributed by atoms with Gasteiger partial charge in [-0.25, -0.2) is 4.79 Å². The van der Waals surface area contributed by atoms with Crippen molar-refractivity contribution in [2.45, 2.75) is 6.04 Å². The van der Waals surface area contributed by atoms with Gasteiger partial charge < -0.3 is 4.74 Å². The van der Waals surface area contributed by atoms with Gasteiger partial charge in [-0.1, -0.05) is 18.2 Å². The van der Waals surface area contributed by atoms with E-state index < -0.39 is 12.0 Å². The summed E-state index contributed by atoms with van der Waals surface area (Å²) >= 11 is 1.52. The van der Waals surface area contributed by atoms with E-state index in [1.807, 2.05) is 6.08 Å². The molecule has 16 heavy (non-hydrogen) atoms. The lowest BCUT2D eigenvalue weighted by Crippen LogP contribution is -2.43. The summed E-state index contributed by atoms with van der Waals surface area (Å²) in [4.78, 5) is 24.8. The highest BCUT2D eigenvalue weighted by atomic mass is 32.2. The first-order chi connectivity index (χ1) is 7.74. The molecule has 0 N–H and O–H groups in total. The average Bonchev–Trinajstić information content (AvgIpc) is 2.50. The maximum Gasteiger partial charge on any atom is 0.333 e. The number of esters is 1. The highest BCUT2D eigenvalue weighted by molar-refractivity contribution is 8.03. The van der Waals surface area contributed by atoms with Crippen molar-refractivity contribution in [1.82, 2.24) is 4.90 Å². The molecule has 0 aromatic rings. The Bertz CT molecular complexity index is 411. The zero-order valence-corrected chi connectivity index (χ0v) is 9.57. The number of nitrogens with zero attached hydrogens (tertiary/aromatic N) is 1. The third-order valence-electron chi connectivity index (χ3n) is 2.32. The molecule has 0 bridgehead atoms. The fourth-order valence-corrected chi connectivity index (χ4v) is 2.46. The van der Waals surface area contributed by atoms with Crippen molar-refractivity contribution in [1.29, 1.82) is 0 Å². The van der Waals surface area contributed by atoms with Crippen LogP contribution < -0.4 is 0 Å². The first kappa shape index (κ1) is 11.0. The number of ether oxygens (including phenoxy) is 1. The maximum atomic E-state index is 11.8. The summed E-state index contributed by atoms with van der Waals surface area (Å²) in [6.07, 6.45) is 8.55. The normalized spacial score (nSPS) is 23.6. The lowest BCUT2D eigenvalue weighted by molar-refractivity contribution is -0.147. The van der Waals surface area contributed by atoms with E-state index >= 15 is 0 Å². The quantitative estimate of drug-likeness (QED) is 0.640. The van der Waals surface area contributed by atoms with Crippen molar-refractivity contribution in [2.75, 3.05) is 12.9 Å². The molecule has 1 atom stereocenters. The summed E-state index contributed by atoms with van der Waals surface area (Å²) in [6.45, 7) is 0. The number of carbonyl (C=O) groups is 2. The topological polar surface area (TPSA) is 46.6 Å². The predicted molar refractivity (Wildman–Crippen MR) is 61.5 cm³/mol. The van der Waals surface area contributed by atoms with Crippen molar-refractivity contribution >= 4 is 23.6 Å². The number of fused-ring (bicyclic) bond motifs is 1. The first-order valence-corrected chi connectivity index (χ1v) is 5.81. The molecule has 0 aromatic carbocycles. The van der Waals surface area contributed by atoms with Crippen LogP contribution >= 0.6 is 11.8 Å². The van der Waals surface area contributed by atoms with Gasteiger partial charge in [0.25, 0.3) is 5.91 Å². The van der Waals surface area contributed by atoms with Gasteiger partial charge in [-0.05, 0) is 6.08 Å². The second-order valence-electron chi connectivity index (χ2n) is 3.28. The molecule has 84 valence electrons. The molecule has 0 saturated carbocycles. The van der Waals surface area contributed by atoms with Crippen molar-refractivity contribution in [3.63, 3.8) is 0 Å². The smallest absolute Gasteiger partial charge is 0.333 e. The Kier molecular flexibility index (Phi) is 3.14. The van der Waals surface area contributed by atoms with E-state index in [-0.39, 0.29) is 5.91 Å². The molecule has 4 nitrogen and oxygen atoms in total. The summed E-state index contributed by atoms with van der Waals surface area (Å²) in [5, 5.41) is 0.785. The molecule has 2 aliphatic heterocycles. The monoisotopic (exact) mass is 237 g/mol. The standard InChI is InChI=1S/C11H11NO3S/c1-15-11(14)8-4-2-6-10-12(8)9(13)5-3-7-16-10/h2-6,8H,7H2,1H3. The molecule has 0 spiro atoms. The van der Waals surface area contributed by atoms with Crippen molar-refractivity contribution in [3.8, 4) is 0 Å². The van der Waals surface area contributed by atoms with Gasteiger partial charge in [0.05, 0.1) is 12.1 Å². The zero-order chi connectivity index (χ0) is 11.5. The molecule has 2 heterocycles. The second-order valence-corrected chi connectivity index (χ2v) is 4.32. The van der Waals surface area contributed by atoms with Crippen LogP contribution in [0.2, 0.25) is 0 Å². The average molecular weight is 237 g/mol. The number of hydrogen-bond acceptors (Lipinski definition) is 4. The van der Waals surface area contributed by atoms with Gasteiger partial charge in [0.1, 0.15) is 0 Å². The number of thioether (sulfide) groups is 1. The Morgan fingerprint density at radius 1 is 1.62 bits per heavy atom. The first-order valence-electron chi connectivity index (χ1n) is 4.83. The fourth-order valence-electron chi connectivity index (χ4n) is 1.58. The summed E-state index contributed by atoms with van der Waals surface area (Å²) in [6, 6.07) is -0.646. The lowest BCUT2D eigenvalue weighted by atomic mass is 10.2. The molecular formula is C11H11NO3S. The number of hydrogen-bond donors (Lipinski definition) is 0. The zero-order valence-electron chi connectivity index (χ0n) is 8.75. The third-order valence-corrected chi connectivity index (χ3v) is 3.30. The molecule has 2 aliphatic rings. The largest absolute Gasteiger partial charge is 0.467 e. The molecule has 1 amide bonds. The Hall–Kier alpha value is -1.49. The van der Waals surface area contributed by atoms with Crippen LogP contribution in [-0.2, 0) is 14.3 Å². The van der Waals surface area contributed by atoms with Gasteiger partial charge in [0, 0.05) is 11.8 Å². The van der Waals surface area contributed by atoms with Crippen LogP contribution in [-0.4, -0.2) is 35.7 Å². The van der Waals surface area contributed by atoms with E-state index in [1.54, 1.807) is 18.2 Å². The van der Waals surface area contributed by atoms with Crippen LogP contribution in [0, 0.1) is 0 Å². The minimum Gasteiger partial charge on any atom is -0.467 e. The van der Waals surface area contributed by atoms with E-state index in [0.29, 0.717) is 0 Å². The van der Waals surface area contributed by atoms with Gasteiger partial charge in [0.2, 0.25) is 0 Å². The SMILES string of the molecule is COC(=O)C1C=CC=C2SCC=CC(=O)N21.